The molecule has 6 nitrogen and oxygen atoms in total. The minimum absolute atomic E-state index is 0.133. The van der Waals surface area contributed by atoms with Crippen molar-refractivity contribution < 1.29 is 13.7 Å². The number of thiazole rings is 1. The topological polar surface area (TPSA) is 81.2 Å². The molecule has 7 heteroatoms. The van der Waals surface area contributed by atoms with Gasteiger partial charge in [-0.2, -0.15) is 0 Å². The molecule has 0 fully saturated rings. The molecule has 0 spiro atoms. The standard InChI is InChI=1S/C16H17N3O3S/c1-10(2)8-12(16-17-5-7-23-16)18-15(20)11-9-14(22-19-11)13-4-3-6-21-13/h3-7,9-10,12H,8H2,1-2H3,(H,18,20). The van der Waals surface area contributed by atoms with Crippen LogP contribution in [0.25, 0.3) is 11.5 Å². The second-order valence-electron chi connectivity index (χ2n) is 5.58. The molecule has 3 aromatic heterocycles. The Morgan fingerprint density at radius 3 is 2.91 bits per heavy atom. The van der Waals surface area contributed by atoms with Crippen molar-refractivity contribution in [2.75, 3.05) is 0 Å². The van der Waals surface area contributed by atoms with Crippen molar-refractivity contribution in [2.24, 2.45) is 5.92 Å². The summed E-state index contributed by atoms with van der Waals surface area (Å²) in [5, 5.41) is 9.60. The van der Waals surface area contributed by atoms with Gasteiger partial charge in [0.1, 0.15) is 5.01 Å². The van der Waals surface area contributed by atoms with E-state index >= 15 is 0 Å². The van der Waals surface area contributed by atoms with Crippen molar-refractivity contribution in [3.8, 4) is 11.5 Å². The van der Waals surface area contributed by atoms with Crippen molar-refractivity contribution in [3.05, 3.63) is 46.7 Å². The van der Waals surface area contributed by atoms with Crippen molar-refractivity contribution in [1.82, 2.24) is 15.5 Å². The summed E-state index contributed by atoms with van der Waals surface area (Å²) in [5.41, 5.74) is 0.224. The number of nitrogens with one attached hydrogen (secondary N) is 1. The molecule has 0 saturated carbocycles. The molecule has 0 saturated heterocycles. The number of amides is 1. The molecule has 0 aliphatic rings. The number of hydrogen-bond donors (Lipinski definition) is 1. The molecule has 0 aromatic carbocycles. The summed E-state index contributed by atoms with van der Waals surface area (Å²) in [5.74, 6) is 1.11. The van der Waals surface area contributed by atoms with Gasteiger partial charge in [-0.15, -0.1) is 11.3 Å². The molecule has 3 aromatic rings. The Hall–Kier alpha value is -2.41. The van der Waals surface area contributed by atoms with Crippen molar-refractivity contribution in [1.29, 1.82) is 0 Å². The molecule has 1 unspecified atom stereocenters. The molecule has 1 N–H and O–H groups in total. The number of hydrogen-bond acceptors (Lipinski definition) is 6. The number of carbonyl (C=O) groups is 1. The maximum absolute atomic E-state index is 12.4. The van der Waals surface area contributed by atoms with Crippen molar-refractivity contribution in [2.45, 2.75) is 26.3 Å². The van der Waals surface area contributed by atoms with Crippen LogP contribution in [0.5, 0.6) is 0 Å². The Morgan fingerprint density at radius 1 is 1.39 bits per heavy atom. The second kappa shape index (κ2) is 6.78. The van der Waals surface area contributed by atoms with Gasteiger partial charge < -0.3 is 14.3 Å². The predicted molar refractivity (Wildman–Crippen MR) is 86.0 cm³/mol. The highest BCUT2D eigenvalue weighted by Crippen LogP contribution is 2.24. The molecule has 0 bridgehead atoms. The molecule has 0 aliphatic heterocycles. The lowest BCUT2D eigenvalue weighted by atomic mass is 10.0. The van der Waals surface area contributed by atoms with Gasteiger partial charge in [-0.05, 0) is 24.5 Å². The highest BCUT2D eigenvalue weighted by atomic mass is 32.1. The van der Waals surface area contributed by atoms with E-state index in [4.69, 9.17) is 8.94 Å². The molecule has 23 heavy (non-hydrogen) atoms. The van der Waals surface area contributed by atoms with Crippen LogP contribution < -0.4 is 5.32 Å². The number of rotatable bonds is 6. The number of furan rings is 1. The molecule has 1 amide bonds. The Balaban J connectivity index is 1.74. The SMILES string of the molecule is CC(C)CC(NC(=O)c1cc(-c2ccco2)on1)c1nccs1. The van der Waals surface area contributed by atoms with E-state index in [1.165, 1.54) is 11.3 Å². The molecular weight excluding hydrogens is 314 g/mol. The average Bonchev–Trinajstić information content (AvgIpc) is 3.25. The average molecular weight is 331 g/mol. The molecular formula is C16H17N3O3S. The van der Waals surface area contributed by atoms with E-state index < -0.39 is 0 Å². The quantitative estimate of drug-likeness (QED) is 0.740. The minimum Gasteiger partial charge on any atom is -0.461 e. The van der Waals surface area contributed by atoms with E-state index in [-0.39, 0.29) is 17.6 Å². The Labute approximate surface area is 137 Å². The normalized spacial score (nSPS) is 12.5. The lowest BCUT2D eigenvalue weighted by Crippen LogP contribution is -2.29. The Kier molecular flexibility index (Phi) is 4.57. The Morgan fingerprint density at radius 2 is 2.26 bits per heavy atom. The fourth-order valence-corrected chi connectivity index (χ4v) is 2.95. The van der Waals surface area contributed by atoms with Gasteiger partial charge in [0.05, 0.1) is 12.3 Å². The maximum Gasteiger partial charge on any atom is 0.274 e. The third-order valence-electron chi connectivity index (χ3n) is 3.27. The van der Waals surface area contributed by atoms with Crippen LogP contribution in [-0.2, 0) is 0 Å². The van der Waals surface area contributed by atoms with Crippen molar-refractivity contribution >= 4 is 17.2 Å². The first-order chi connectivity index (χ1) is 11.1. The van der Waals surface area contributed by atoms with E-state index in [1.54, 1.807) is 30.7 Å². The van der Waals surface area contributed by atoms with E-state index in [2.05, 4.69) is 29.3 Å². The lowest BCUT2D eigenvalue weighted by molar-refractivity contribution is 0.0922. The largest absolute Gasteiger partial charge is 0.461 e. The highest BCUT2D eigenvalue weighted by molar-refractivity contribution is 7.09. The molecule has 1 atom stereocenters. The van der Waals surface area contributed by atoms with Crippen LogP contribution in [0.1, 0.15) is 41.8 Å². The molecule has 3 heterocycles. The van der Waals surface area contributed by atoms with E-state index in [0.29, 0.717) is 17.4 Å². The molecule has 0 radical (unpaired) electrons. The first-order valence-corrected chi connectivity index (χ1v) is 8.22. The predicted octanol–water partition coefficient (Wildman–Crippen LogP) is 3.91. The summed E-state index contributed by atoms with van der Waals surface area (Å²) >= 11 is 1.53. The van der Waals surface area contributed by atoms with Crippen LogP contribution in [0.15, 0.2) is 45.0 Å². The fraction of sp³-hybridized carbons (Fsp3) is 0.312. The van der Waals surface area contributed by atoms with Crippen molar-refractivity contribution in [3.63, 3.8) is 0 Å². The van der Waals surface area contributed by atoms with Crippen LogP contribution in [-0.4, -0.2) is 16.0 Å². The molecule has 3 rings (SSSR count). The molecule has 0 aliphatic carbocycles. The van der Waals surface area contributed by atoms with Gasteiger partial charge in [0.2, 0.25) is 5.76 Å². The van der Waals surface area contributed by atoms with E-state index in [1.807, 2.05) is 5.38 Å². The summed E-state index contributed by atoms with van der Waals surface area (Å²) < 4.78 is 10.4. The van der Waals surface area contributed by atoms with E-state index in [9.17, 15) is 4.79 Å². The lowest BCUT2D eigenvalue weighted by Gasteiger charge is -2.17. The second-order valence-corrected chi connectivity index (χ2v) is 6.51. The summed E-state index contributed by atoms with van der Waals surface area (Å²) in [6, 6.07) is 4.94. The highest BCUT2D eigenvalue weighted by Gasteiger charge is 2.22. The van der Waals surface area contributed by atoms with Crippen LogP contribution in [0.2, 0.25) is 0 Å². The monoisotopic (exact) mass is 331 g/mol. The zero-order chi connectivity index (χ0) is 16.2. The van der Waals surface area contributed by atoms with Gasteiger partial charge in [-0.25, -0.2) is 4.98 Å². The summed E-state index contributed by atoms with van der Waals surface area (Å²) in [6.07, 6.45) is 4.09. The van der Waals surface area contributed by atoms with Gasteiger partial charge in [0.25, 0.3) is 5.91 Å². The minimum atomic E-state index is -0.285. The van der Waals surface area contributed by atoms with Crippen LogP contribution in [0.3, 0.4) is 0 Å². The van der Waals surface area contributed by atoms with Gasteiger partial charge in [0, 0.05) is 17.6 Å². The first kappa shape index (κ1) is 15.5. The summed E-state index contributed by atoms with van der Waals surface area (Å²) in [7, 11) is 0. The van der Waals surface area contributed by atoms with E-state index in [0.717, 1.165) is 11.4 Å². The number of nitrogens with zero attached hydrogens (tertiary/aromatic N) is 2. The number of carbonyl (C=O) groups excluding carboxylic acids is 1. The smallest absolute Gasteiger partial charge is 0.274 e. The van der Waals surface area contributed by atoms with Gasteiger partial charge in [-0.3, -0.25) is 4.79 Å². The van der Waals surface area contributed by atoms with Gasteiger partial charge in [0.15, 0.2) is 11.5 Å². The molecule has 120 valence electrons. The third kappa shape index (κ3) is 3.68. The van der Waals surface area contributed by atoms with Crippen LogP contribution in [0, 0.1) is 5.92 Å². The first-order valence-electron chi connectivity index (χ1n) is 7.34. The van der Waals surface area contributed by atoms with Crippen LogP contribution in [0.4, 0.5) is 0 Å². The zero-order valence-corrected chi connectivity index (χ0v) is 13.7. The fourth-order valence-electron chi connectivity index (χ4n) is 2.25. The summed E-state index contributed by atoms with van der Waals surface area (Å²) in [6.45, 7) is 4.22. The number of aromatic nitrogens is 2. The maximum atomic E-state index is 12.4. The third-order valence-corrected chi connectivity index (χ3v) is 4.16. The van der Waals surface area contributed by atoms with Crippen LogP contribution >= 0.6 is 11.3 Å². The summed E-state index contributed by atoms with van der Waals surface area (Å²) in [4.78, 5) is 16.7. The Bertz CT molecular complexity index is 747. The van der Waals surface area contributed by atoms with Gasteiger partial charge in [-0.1, -0.05) is 19.0 Å². The zero-order valence-electron chi connectivity index (χ0n) is 12.9. The van der Waals surface area contributed by atoms with Gasteiger partial charge >= 0.3 is 0 Å².